The number of fused-ring (bicyclic) bond motifs is 1. The number of piperidine rings is 1. The van der Waals surface area contributed by atoms with Crippen molar-refractivity contribution in [3.8, 4) is 0 Å². The van der Waals surface area contributed by atoms with Crippen molar-refractivity contribution >= 4 is 57.2 Å². The zero-order valence-corrected chi connectivity index (χ0v) is 22.5. The molecule has 0 spiro atoms. The van der Waals surface area contributed by atoms with Gasteiger partial charge >= 0.3 is 6.09 Å². The summed E-state index contributed by atoms with van der Waals surface area (Å²) in [6.07, 6.45) is 0.591. The first kappa shape index (κ1) is 26.9. The van der Waals surface area contributed by atoms with Gasteiger partial charge in [-0.25, -0.2) is 13.4 Å². The van der Waals surface area contributed by atoms with Crippen LogP contribution in [0.3, 0.4) is 0 Å². The van der Waals surface area contributed by atoms with Crippen LogP contribution in [-0.2, 0) is 16.0 Å². The van der Waals surface area contributed by atoms with E-state index in [1.165, 1.54) is 4.31 Å². The Balaban J connectivity index is 1.62. The average Bonchev–Trinajstić information content (AvgIpc) is 2.88. The number of rotatable bonds is 5. The summed E-state index contributed by atoms with van der Waals surface area (Å²) in [5.41, 5.74) is 0.854. The summed E-state index contributed by atoms with van der Waals surface area (Å²) in [7, 11) is 0. The van der Waals surface area contributed by atoms with Crippen molar-refractivity contribution in [1.29, 1.82) is 0 Å². The predicted molar refractivity (Wildman–Crippen MR) is 147 cm³/mol. The Kier molecular flexibility index (Phi) is 8.06. The third kappa shape index (κ3) is 6.06. The molecule has 37 heavy (non-hydrogen) atoms. The Morgan fingerprint density at radius 3 is 2.16 bits per heavy atom. The number of amides is 2. The molecule has 1 aliphatic heterocycles. The smallest absolute Gasteiger partial charge is 0.410 e. The van der Waals surface area contributed by atoms with E-state index < -0.39 is 22.8 Å². The number of hydrogen-bond donors (Lipinski definition) is 1. The van der Waals surface area contributed by atoms with Gasteiger partial charge in [-0.1, -0.05) is 42.5 Å². The standard InChI is InChI=1S/C27H30ClN3O5S/c1-27(2,3)36-26(33)29-17-15-20(16-18-29)31(37(34)35)24-14-13-23(21-11-7-8-12-22(21)24)25(32)30(28)19-9-5-4-6-10-19/h4-14,20H,15-18H2,1-3H3,(H,34,35). The molecule has 0 bridgehead atoms. The maximum Gasteiger partial charge on any atom is 0.410 e. The van der Waals surface area contributed by atoms with E-state index in [0.717, 1.165) is 4.42 Å². The first-order chi connectivity index (χ1) is 17.6. The van der Waals surface area contributed by atoms with Crippen LogP contribution in [0.15, 0.2) is 66.7 Å². The van der Waals surface area contributed by atoms with E-state index >= 15 is 0 Å². The Morgan fingerprint density at radius 2 is 1.57 bits per heavy atom. The second kappa shape index (κ2) is 11.1. The molecule has 3 aromatic carbocycles. The molecule has 196 valence electrons. The van der Waals surface area contributed by atoms with Gasteiger partial charge in [0, 0.05) is 41.9 Å². The maximum atomic E-state index is 13.3. The van der Waals surface area contributed by atoms with Gasteiger partial charge in [0.05, 0.1) is 11.4 Å². The van der Waals surface area contributed by atoms with Crippen molar-refractivity contribution in [3.05, 3.63) is 72.3 Å². The molecule has 1 heterocycles. The summed E-state index contributed by atoms with van der Waals surface area (Å²) in [5, 5.41) is 1.27. The fraction of sp³-hybridized carbons (Fsp3) is 0.333. The third-order valence-electron chi connectivity index (χ3n) is 6.15. The summed E-state index contributed by atoms with van der Waals surface area (Å²) in [4.78, 5) is 27.4. The molecule has 1 N–H and O–H groups in total. The predicted octanol–water partition coefficient (Wildman–Crippen LogP) is 5.98. The van der Waals surface area contributed by atoms with Crippen LogP contribution >= 0.6 is 11.8 Å². The molecule has 1 aliphatic rings. The van der Waals surface area contributed by atoms with Crippen LogP contribution in [0.4, 0.5) is 16.2 Å². The second-order valence-electron chi connectivity index (χ2n) is 9.85. The molecule has 0 aromatic heterocycles. The quantitative estimate of drug-likeness (QED) is 0.315. The SMILES string of the molecule is CC(C)(C)OC(=O)N1CCC(N(c2ccc(C(=O)N(Cl)c3ccccc3)c3ccccc23)S(=O)O)CC1. The Labute approximate surface area is 224 Å². The minimum Gasteiger partial charge on any atom is -0.444 e. The minimum absolute atomic E-state index is 0.289. The highest BCUT2D eigenvalue weighted by Crippen LogP contribution is 2.35. The van der Waals surface area contributed by atoms with Gasteiger partial charge in [0.25, 0.3) is 17.2 Å². The van der Waals surface area contributed by atoms with E-state index in [-0.39, 0.29) is 12.1 Å². The third-order valence-corrected chi connectivity index (χ3v) is 7.33. The molecule has 0 saturated carbocycles. The number of nitrogens with zero attached hydrogens (tertiary/aromatic N) is 3. The summed E-state index contributed by atoms with van der Waals surface area (Å²) in [5.74, 6) is -0.405. The van der Waals surface area contributed by atoms with Gasteiger partial charge in [-0.15, -0.1) is 0 Å². The Hall–Kier alpha value is -3.14. The van der Waals surface area contributed by atoms with Crippen LogP contribution in [-0.4, -0.2) is 50.4 Å². The van der Waals surface area contributed by atoms with Crippen molar-refractivity contribution in [2.24, 2.45) is 0 Å². The second-order valence-corrected chi connectivity index (χ2v) is 11.0. The van der Waals surface area contributed by atoms with Crippen LogP contribution in [0.25, 0.3) is 10.8 Å². The van der Waals surface area contributed by atoms with Crippen LogP contribution in [0.2, 0.25) is 0 Å². The summed E-state index contributed by atoms with van der Waals surface area (Å²) in [6.45, 7) is 6.26. The lowest BCUT2D eigenvalue weighted by Gasteiger charge is -2.38. The first-order valence-corrected chi connectivity index (χ1v) is 13.4. The molecule has 10 heteroatoms. The van der Waals surface area contributed by atoms with Gasteiger partial charge in [0.15, 0.2) is 0 Å². The highest BCUT2D eigenvalue weighted by atomic mass is 35.5. The molecule has 8 nitrogen and oxygen atoms in total. The highest BCUT2D eigenvalue weighted by Gasteiger charge is 2.33. The van der Waals surface area contributed by atoms with Crippen LogP contribution in [0.1, 0.15) is 44.0 Å². The molecular formula is C27H30ClN3O5S. The average molecular weight is 544 g/mol. The van der Waals surface area contributed by atoms with Crippen molar-refractivity contribution in [2.75, 3.05) is 21.8 Å². The topological polar surface area (TPSA) is 90.4 Å². The Morgan fingerprint density at radius 1 is 0.973 bits per heavy atom. The molecule has 1 saturated heterocycles. The van der Waals surface area contributed by atoms with E-state index in [4.69, 9.17) is 16.5 Å². The van der Waals surface area contributed by atoms with Gasteiger partial charge in [0.1, 0.15) is 5.60 Å². The van der Waals surface area contributed by atoms with Crippen LogP contribution in [0.5, 0.6) is 0 Å². The number of carbonyl (C=O) groups excluding carboxylic acids is 2. The number of carbonyl (C=O) groups is 2. The van der Waals surface area contributed by atoms with Crippen molar-refractivity contribution in [1.82, 2.24) is 4.90 Å². The molecule has 0 radical (unpaired) electrons. The number of likely N-dealkylation sites (tertiary alicyclic amines) is 1. The molecule has 2 amide bonds. The number of ether oxygens (including phenoxy) is 1. The number of halogens is 1. The van der Waals surface area contributed by atoms with E-state index in [9.17, 15) is 18.4 Å². The Bertz CT molecular complexity index is 1310. The lowest BCUT2D eigenvalue weighted by atomic mass is 10.00. The maximum absolute atomic E-state index is 13.3. The monoisotopic (exact) mass is 543 g/mol. The van der Waals surface area contributed by atoms with Crippen molar-refractivity contribution in [2.45, 2.75) is 45.3 Å². The molecule has 3 aromatic rings. The first-order valence-electron chi connectivity index (χ1n) is 12.0. The number of hydrogen-bond acceptors (Lipinski definition) is 4. The van der Waals surface area contributed by atoms with Gasteiger partial charge in [0.2, 0.25) is 0 Å². The molecule has 1 unspecified atom stereocenters. The summed E-state index contributed by atoms with van der Waals surface area (Å²) < 4.78 is 30.9. The van der Waals surface area contributed by atoms with Crippen molar-refractivity contribution in [3.63, 3.8) is 0 Å². The van der Waals surface area contributed by atoms with Gasteiger partial charge < -0.3 is 9.64 Å². The number of para-hydroxylation sites is 1. The zero-order chi connectivity index (χ0) is 26.7. The summed E-state index contributed by atoms with van der Waals surface area (Å²) in [6, 6.07) is 19.2. The largest absolute Gasteiger partial charge is 0.444 e. The van der Waals surface area contributed by atoms with Crippen LogP contribution in [0, 0.1) is 0 Å². The van der Waals surface area contributed by atoms with E-state index in [2.05, 4.69) is 0 Å². The van der Waals surface area contributed by atoms with E-state index in [1.807, 2.05) is 45.0 Å². The molecular weight excluding hydrogens is 514 g/mol. The molecule has 4 rings (SSSR count). The fourth-order valence-corrected chi connectivity index (χ4v) is 5.46. The van der Waals surface area contributed by atoms with Crippen LogP contribution < -0.4 is 8.72 Å². The fourth-order valence-electron chi connectivity index (χ4n) is 4.46. The molecule has 0 aliphatic carbocycles. The lowest BCUT2D eigenvalue weighted by molar-refractivity contribution is 0.0207. The summed E-state index contributed by atoms with van der Waals surface area (Å²) >= 11 is 4.06. The number of anilines is 2. The highest BCUT2D eigenvalue weighted by molar-refractivity contribution is 7.80. The van der Waals surface area contributed by atoms with Crippen molar-refractivity contribution < 1.29 is 23.1 Å². The van der Waals surface area contributed by atoms with E-state index in [0.29, 0.717) is 53.6 Å². The van der Waals surface area contributed by atoms with Gasteiger partial charge in [-0.3, -0.25) is 13.7 Å². The molecule has 1 atom stereocenters. The molecule has 1 fully saturated rings. The van der Waals surface area contributed by atoms with Gasteiger partial charge in [-0.05, 0) is 63.3 Å². The number of benzene rings is 3. The van der Waals surface area contributed by atoms with E-state index in [1.54, 1.807) is 47.4 Å². The van der Waals surface area contributed by atoms with Gasteiger partial charge in [-0.2, -0.15) is 0 Å². The lowest BCUT2D eigenvalue weighted by Crippen LogP contribution is -2.48. The normalized spacial score (nSPS) is 15.3. The zero-order valence-electron chi connectivity index (χ0n) is 21.0. The minimum atomic E-state index is -2.32.